The van der Waals surface area contributed by atoms with Crippen molar-refractivity contribution in [1.29, 1.82) is 0 Å². The van der Waals surface area contributed by atoms with Crippen LogP contribution in [0.3, 0.4) is 0 Å². The van der Waals surface area contributed by atoms with Crippen LogP contribution in [-0.4, -0.2) is 20.9 Å². The predicted octanol–water partition coefficient (Wildman–Crippen LogP) is 4.35. The molecule has 6 nitrogen and oxygen atoms in total. The first-order valence-corrected chi connectivity index (χ1v) is 11.8. The average Bonchev–Trinajstić information content (AvgIpc) is 2.74. The molecule has 3 rings (SSSR count). The van der Waals surface area contributed by atoms with E-state index in [0.29, 0.717) is 11.4 Å². The maximum Gasteiger partial charge on any atom is 0.262 e. The summed E-state index contributed by atoms with van der Waals surface area (Å²) in [5.74, 6) is 0.106. The van der Waals surface area contributed by atoms with Crippen LogP contribution in [0.4, 0.5) is 5.69 Å². The second-order valence-corrected chi connectivity index (χ2v) is 9.53. The van der Waals surface area contributed by atoms with Crippen molar-refractivity contribution in [3.05, 3.63) is 88.0 Å². The second kappa shape index (κ2) is 10.1. The molecule has 0 saturated carbocycles. The van der Waals surface area contributed by atoms with Crippen molar-refractivity contribution in [3.63, 3.8) is 0 Å². The van der Waals surface area contributed by atoms with E-state index in [1.807, 2.05) is 54.6 Å². The van der Waals surface area contributed by atoms with Crippen LogP contribution in [0.2, 0.25) is 0 Å². The van der Waals surface area contributed by atoms with Crippen molar-refractivity contribution < 1.29 is 17.9 Å². The van der Waals surface area contributed by atoms with Gasteiger partial charge in [0.15, 0.2) is 6.61 Å². The van der Waals surface area contributed by atoms with E-state index in [2.05, 4.69) is 32.6 Å². The minimum absolute atomic E-state index is 0.126. The summed E-state index contributed by atoms with van der Waals surface area (Å²) in [5, 5.41) is 2.74. The summed E-state index contributed by atoms with van der Waals surface area (Å²) in [6.45, 7) is 1.61. The number of hydrogen-bond donors (Lipinski definition) is 2. The molecule has 0 fully saturated rings. The summed E-state index contributed by atoms with van der Waals surface area (Å²) in [4.78, 5) is 12.1. The number of carbonyl (C=O) groups excluding carboxylic acids is 1. The van der Waals surface area contributed by atoms with Gasteiger partial charge in [-0.1, -0.05) is 30.3 Å². The first-order valence-electron chi connectivity index (χ1n) is 9.19. The molecule has 0 spiro atoms. The molecule has 1 amide bonds. The van der Waals surface area contributed by atoms with Gasteiger partial charge in [0.05, 0.1) is 4.90 Å². The van der Waals surface area contributed by atoms with Crippen molar-refractivity contribution in [2.75, 3.05) is 11.9 Å². The molecule has 0 aliphatic rings. The molecule has 0 aliphatic carbocycles. The molecule has 8 heteroatoms. The van der Waals surface area contributed by atoms with E-state index in [1.165, 1.54) is 24.3 Å². The van der Waals surface area contributed by atoms with Gasteiger partial charge in [-0.05, 0) is 83.6 Å². The zero-order chi connectivity index (χ0) is 21.6. The summed E-state index contributed by atoms with van der Waals surface area (Å²) in [6, 6.07) is 22.3. The summed E-state index contributed by atoms with van der Waals surface area (Å²) in [7, 11) is -3.69. The highest BCUT2D eigenvalue weighted by Gasteiger charge is 2.18. The van der Waals surface area contributed by atoms with E-state index >= 15 is 0 Å². The lowest BCUT2D eigenvalue weighted by Gasteiger charge is -2.15. The molecule has 1 atom stereocenters. The maximum absolute atomic E-state index is 12.6. The Morgan fingerprint density at radius 1 is 0.967 bits per heavy atom. The van der Waals surface area contributed by atoms with Gasteiger partial charge in [-0.3, -0.25) is 4.79 Å². The van der Waals surface area contributed by atoms with E-state index in [0.717, 1.165) is 9.13 Å². The highest BCUT2D eigenvalue weighted by Crippen LogP contribution is 2.19. The highest BCUT2D eigenvalue weighted by atomic mass is 127. The SMILES string of the molecule is C[C@@H](NS(=O)(=O)c1ccc(OCC(=O)Nc2ccc(I)cc2)cc1)c1ccccc1. The zero-order valence-corrected chi connectivity index (χ0v) is 19.2. The molecule has 3 aromatic carbocycles. The van der Waals surface area contributed by atoms with Crippen LogP contribution in [0.5, 0.6) is 5.75 Å². The van der Waals surface area contributed by atoms with Gasteiger partial charge in [0.1, 0.15) is 5.75 Å². The Kier molecular flexibility index (Phi) is 7.46. The van der Waals surface area contributed by atoms with Crippen LogP contribution in [0, 0.1) is 3.57 Å². The molecule has 2 N–H and O–H groups in total. The van der Waals surface area contributed by atoms with Crippen molar-refractivity contribution in [3.8, 4) is 5.75 Å². The number of rotatable bonds is 8. The number of amides is 1. The lowest BCUT2D eigenvalue weighted by Crippen LogP contribution is -2.26. The quantitative estimate of drug-likeness (QED) is 0.420. The molecule has 3 aromatic rings. The van der Waals surface area contributed by atoms with Gasteiger partial charge in [0.2, 0.25) is 10.0 Å². The molecule has 0 aromatic heterocycles. The smallest absolute Gasteiger partial charge is 0.262 e. The fourth-order valence-electron chi connectivity index (χ4n) is 2.70. The number of sulfonamides is 1. The van der Waals surface area contributed by atoms with Crippen LogP contribution < -0.4 is 14.8 Å². The number of hydrogen-bond acceptors (Lipinski definition) is 4. The number of benzene rings is 3. The first-order chi connectivity index (χ1) is 14.3. The molecule has 0 unspecified atom stereocenters. The summed E-state index contributed by atoms with van der Waals surface area (Å²) in [6.07, 6.45) is 0. The maximum atomic E-state index is 12.6. The number of ether oxygens (including phenoxy) is 1. The van der Waals surface area contributed by atoms with E-state index in [4.69, 9.17) is 4.74 Å². The van der Waals surface area contributed by atoms with Gasteiger partial charge in [-0.2, -0.15) is 0 Å². The Hall–Kier alpha value is -2.43. The van der Waals surface area contributed by atoms with Crippen molar-refractivity contribution in [1.82, 2.24) is 4.72 Å². The third kappa shape index (κ3) is 6.28. The Morgan fingerprint density at radius 2 is 1.60 bits per heavy atom. The van der Waals surface area contributed by atoms with E-state index in [1.54, 1.807) is 6.92 Å². The van der Waals surface area contributed by atoms with Crippen molar-refractivity contribution >= 4 is 44.2 Å². The van der Waals surface area contributed by atoms with Gasteiger partial charge in [-0.25, -0.2) is 13.1 Å². The van der Waals surface area contributed by atoms with Gasteiger partial charge >= 0.3 is 0 Å². The predicted molar refractivity (Wildman–Crippen MR) is 125 cm³/mol. The third-order valence-electron chi connectivity index (χ3n) is 4.26. The molecule has 0 saturated heterocycles. The minimum atomic E-state index is -3.69. The Labute approximate surface area is 189 Å². The fraction of sp³-hybridized carbons (Fsp3) is 0.136. The molecular formula is C22H21IN2O4S. The highest BCUT2D eigenvalue weighted by molar-refractivity contribution is 14.1. The second-order valence-electron chi connectivity index (χ2n) is 6.57. The normalized spacial score (nSPS) is 12.2. The lowest BCUT2D eigenvalue weighted by molar-refractivity contribution is -0.118. The fourth-order valence-corrected chi connectivity index (χ4v) is 4.30. The summed E-state index contributed by atoms with van der Waals surface area (Å²) >= 11 is 2.19. The Balaban J connectivity index is 1.56. The third-order valence-corrected chi connectivity index (χ3v) is 6.54. The Bertz CT molecular complexity index is 1090. The van der Waals surface area contributed by atoms with Crippen molar-refractivity contribution in [2.45, 2.75) is 17.9 Å². The summed E-state index contributed by atoms with van der Waals surface area (Å²) in [5.41, 5.74) is 1.56. The number of halogens is 1. The van der Waals surface area contributed by atoms with Crippen molar-refractivity contribution in [2.24, 2.45) is 0 Å². The molecule has 0 heterocycles. The van der Waals surface area contributed by atoms with Gasteiger partial charge < -0.3 is 10.1 Å². The molecule has 30 heavy (non-hydrogen) atoms. The number of nitrogens with one attached hydrogen (secondary N) is 2. The van der Waals surface area contributed by atoms with E-state index in [9.17, 15) is 13.2 Å². The topological polar surface area (TPSA) is 84.5 Å². The monoisotopic (exact) mass is 536 g/mol. The molecule has 156 valence electrons. The number of anilines is 1. The van der Waals surface area contributed by atoms with Crippen LogP contribution in [0.25, 0.3) is 0 Å². The van der Waals surface area contributed by atoms with E-state index < -0.39 is 10.0 Å². The Morgan fingerprint density at radius 3 is 2.23 bits per heavy atom. The molecule has 0 aliphatic heterocycles. The zero-order valence-electron chi connectivity index (χ0n) is 16.2. The van der Waals surface area contributed by atoms with E-state index in [-0.39, 0.29) is 23.5 Å². The minimum Gasteiger partial charge on any atom is -0.484 e. The standard InChI is InChI=1S/C22H21IN2O4S/c1-16(17-5-3-2-4-6-17)25-30(27,28)21-13-11-20(12-14-21)29-15-22(26)24-19-9-7-18(23)8-10-19/h2-14,16,25H,15H2,1H3,(H,24,26)/t16-/m1/s1. The summed E-state index contributed by atoms with van der Waals surface area (Å²) < 4.78 is 34.4. The molecular weight excluding hydrogens is 515 g/mol. The van der Waals surface area contributed by atoms with Gasteiger partial charge in [0, 0.05) is 15.3 Å². The van der Waals surface area contributed by atoms with Crippen LogP contribution in [0.15, 0.2) is 83.8 Å². The largest absolute Gasteiger partial charge is 0.484 e. The lowest BCUT2D eigenvalue weighted by atomic mass is 10.1. The number of carbonyl (C=O) groups is 1. The van der Waals surface area contributed by atoms with Crippen LogP contribution in [-0.2, 0) is 14.8 Å². The average molecular weight is 536 g/mol. The van der Waals surface area contributed by atoms with Gasteiger partial charge in [-0.15, -0.1) is 0 Å². The molecule has 0 radical (unpaired) electrons. The molecule has 0 bridgehead atoms. The van der Waals surface area contributed by atoms with Gasteiger partial charge in [0.25, 0.3) is 5.91 Å². The first kappa shape index (κ1) is 22.3. The van der Waals surface area contributed by atoms with Crippen LogP contribution in [0.1, 0.15) is 18.5 Å². The van der Waals surface area contributed by atoms with Crippen LogP contribution >= 0.6 is 22.6 Å².